The summed E-state index contributed by atoms with van der Waals surface area (Å²) in [4.78, 5) is 11.3. The molecule has 19 heavy (non-hydrogen) atoms. The van der Waals surface area contributed by atoms with E-state index in [1.165, 1.54) is 39.5 Å². The fraction of sp³-hybridized carbons (Fsp3) is 0.938. The minimum absolute atomic E-state index is 0.418. The minimum atomic E-state index is -1.37. The zero-order chi connectivity index (χ0) is 14.9. The van der Waals surface area contributed by atoms with Crippen molar-refractivity contribution in [2.75, 3.05) is 6.61 Å². The van der Waals surface area contributed by atoms with Gasteiger partial charge in [-0.1, -0.05) is 46.5 Å². The van der Waals surface area contributed by atoms with Crippen LogP contribution in [0.25, 0.3) is 0 Å². The number of carbonyl (C=O) groups is 1. The SMILES string of the molecule is CC(C)CCCC(C)CCCCOC(=O)C(C)(C)O. The van der Waals surface area contributed by atoms with Gasteiger partial charge in [0.15, 0.2) is 5.60 Å². The van der Waals surface area contributed by atoms with Crippen molar-refractivity contribution < 1.29 is 14.6 Å². The number of hydrogen-bond donors (Lipinski definition) is 1. The zero-order valence-corrected chi connectivity index (χ0v) is 13.4. The van der Waals surface area contributed by atoms with Crippen LogP contribution in [0.3, 0.4) is 0 Å². The van der Waals surface area contributed by atoms with Gasteiger partial charge in [0.25, 0.3) is 0 Å². The molecular weight excluding hydrogens is 240 g/mol. The van der Waals surface area contributed by atoms with Gasteiger partial charge in [-0.3, -0.25) is 0 Å². The van der Waals surface area contributed by atoms with Gasteiger partial charge >= 0.3 is 5.97 Å². The summed E-state index contributed by atoms with van der Waals surface area (Å²) in [7, 11) is 0. The Kier molecular flexibility index (Phi) is 9.07. The van der Waals surface area contributed by atoms with Gasteiger partial charge in [0, 0.05) is 0 Å². The van der Waals surface area contributed by atoms with Crippen LogP contribution in [0.4, 0.5) is 0 Å². The lowest BCUT2D eigenvalue weighted by molar-refractivity contribution is -0.161. The monoisotopic (exact) mass is 272 g/mol. The average Bonchev–Trinajstić information content (AvgIpc) is 2.26. The van der Waals surface area contributed by atoms with Crippen molar-refractivity contribution in [2.24, 2.45) is 11.8 Å². The summed E-state index contributed by atoms with van der Waals surface area (Å²) in [5, 5.41) is 9.40. The molecule has 0 fully saturated rings. The van der Waals surface area contributed by atoms with E-state index in [1.807, 2.05) is 0 Å². The van der Waals surface area contributed by atoms with Crippen LogP contribution >= 0.6 is 0 Å². The van der Waals surface area contributed by atoms with Crippen molar-refractivity contribution in [3.63, 3.8) is 0 Å². The Morgan fingerprint density at radius 3 is 2.16 bits per heavy atom. The van der Waals surface area contributed by atoms with Gasteiger partial charge in [0.1, 0.15) is 0 Å². The molecule has 1 unspecified atom stereocenters. The molecule has 0 aromatic carbocycles. The van der Waals surface area contributed by atoms with Crippen molar-refractivity contribution in [3.8, 4) is 0 Å². The number of unbranched alkanes of at least 4 members (excludes halogenated alkanes) is 1. The van der Waals surface area contributed by atoms with E-state index in [0.717, 1.165) is 24.7 Å². The maximum atomic E-state index is 11.3. The Bertz CT molecular complexity index is 241. The van der Waals surface area contributed by atoms with Crippen LogP contribution in [-0.4, -0.2) is 23.3 Å². The maximum absolute atomic E-state index is 11.3. The molecule has 3 heteroatoms. The van der Waals surface area contributed by atoms with E-state index in [4.69, 9.17) is 4.74 Å². The summed E-state index contributed by atoms with van der Waals surface area (Å²) < 4.78 is 5.01. The molecule has 0 aliphatic heterocycles. The van der Waals surface area contributed by atoms with Crippen molar-refractivity contribution in [1.82, 2.24) is 0 Å². The smallest absolute Gasteiger partial charge is 0.337 e. The summed E-state index contributed by atoms with van der Waals surface area (Å²) in [5.41, 5.74) is -1.37. The van der Waals surface area contributed by atoms with Crippen molar-refractivity contribution in [3.05, 3.63) is 0 Å². The standard InChI is InChI=1S/C16H32O3/c1-13(2)9-8-11-14(3)10-6-7-12-19-15(17)16(4,5)18/h13-14,18H,6-12H2,1-5H3. The van der Waals surface area contributed by atoms with E-state index < -0.39 is 11.6 Å². The van der Waals surface area contributed by atoms with Gasteiger partial charge in [0.2, 0.25) is 0 Å². The van der Waals surface area contributed by atoms with Crippen molar-refractivity contribution in [1.29, 1.82) is 0 Å². The first-order valence-corrected chi connectivity index (χ1v) is 7.63. The quantitative estimate of drug-likeness (QED) is 0.484. The molecule has 0 heterocycles. The van der Waals surface area contributed by atoms with Crippen LogP contribution in [0.2, 0.25) is 0 Å². The highest BCUT2D eigenvalue weighted by Gasteiger charge is 2.25. The highest BCUT2D eigenvalue weighted by atomic mass is 16.5. The predicted octanol–water partition coefficient (Wildman–Crippen LogP) is 3.93. The van der Waals surface area contributed by atoms with Crippen LogP contribution in [0.15, 0.2) is 0 Å². The van der Waals surface area contributed by atoms with Crippen molar-refractivity contribution >= 4 is 5.97 Å². The molecule has 0 spiro atoms. The first-order valence-electron chi connectivity index (χ1n) is 7.63. The zero-order valence-electron chi connectivity index (χ0n) is 13.4. The van der Waals surface area contributed by atoms with E-state index >= 15 is 0 Å². The van der Waals surface area contributed by atoms with E-state index in [-0.39, 0.29) is 0 Å². The summed E-state index contributed by atoms with van der Waals surface area (Å²) in [6.07, 6.45) is 7.08. The first-order chi connectivity index (χ1) is 8.73. The van der Waals surface area contributed by atoms with E-state index in [1.54, 1.807) is 0 Å². The van der Waals surface area contributed by atoms with Gasteiger partial charge in [-0.25, -0.2) is 4.79 Å². The molecule has 0 aliphatic rings. The topological polar surface area (TPSA) is 46.5 Å². The molecule has 3 nitrogen and oxygen atoms in total. The van der Waals surface area contributed by atoms with Crippen LogP contribution in [-0.2, 0) is 9.53 Å². The molecule has 0 aromatic rings. The van der Waals surface area contributed by atoms with E-state index in [9.17, 15) is 9.90 Å². The third kappa shape index (κ3) is 11.0. The molecular formula is C16H32O3. The fourth-order valence-electron chi connectivity index (χ4n) is 1.96. The molecule has 0 radical (unpaired) electrons. The third-order valence-electron chi connectivity index (χ3n) is 3.30. The first kappa shape index (κ1) is 18.4. The summed E-state index contributed by atoms with van der Waals surface area (Å²) >= 11 is 0. The number of ether oxygens (including phenoxy) is 1. The van der Waals surface area contributed by atoms with Crippen LogP contribution in [0, 0.1) is 11.8 Å². The molecule has 1 atom stereocenters. The number of hydrogen-bond acceptors (Lipinski definition) is 3. The van der Waals surface area contributed by atoms with Crippen LogP contribution < -0.4 is 0 Å². The fourth-order valence-corrected chi connectivity index (χ4v) is 1.96. The molecule has 1 N–H and O–H groups in total. The van der Waals surface area contributed by atoms with Gasteiger partial charge < -0.3 is 9.84 Å². The Morgan fingerprint density at radius 2 is 1.63 bits per heavy atom. The second kappa shape index (κ2) is 9.35. The Hall–Kier alpha value is -0.570. The van der Waals surface area contributed by atoms with Gasteiger partial charge in [-0.05, 0) is 38.5 Å². The number of esters is 1. The van der Waals surface area contributed by atoms with Gasteiger partial charge in [-0.15, -0.1) is 0 Å². The third-order valence-corrected chi connectivity index (χ3v) is 3.30. The molecule has 0 amide bonds. The average molecular weight is 272 g/mol. The summed E-state index contributed by atoms with van der Waals surface area (Å²) in [6, 6.07) is 0. The largest absolute Gasteiger partial charge is 0.464 e. The Balaban J connectivity index is 3.46. The van der Waals surface area contributed by atoms with E-state index in [0.29, 0.717) is 6.61 Å². The van der Waals surface area contributed by atoms with Gasteiger partial charge in [0.05, 0.1) is 6.61 Å². The Morgan fingerprint density at radius 1 is 1.05 bits per heavy atom. The summed E-state index contributed by atoms with van der Waals surface area (Å²) in [5.74, 6) is 1.02. The Labute approximate surface area is 118 Å². The number of rotatable bonds is 10. The van der Waals surface area contributed by atoms with E-state index in [2.05, 4.69) is 20.8 Å². The van der Waals surface area contributed by atoms with Crippen LogP contribution in [0.5, 0.6) is 0 Å². The van der Waals surface area contributed by atoms with Gasteiger partial charge in [-0.2, -0.15) is 0 Å². The van der Waals surface area contributed by atoms with Crippen molar-refractivity contribution in [2.45, 2.75) is 78.7 Å². The molecule has 0 saturated carbocycles. The second-order valence-electron chi connectivity index (χ2n) is 6.62. The lowest BCUT2D eigenvalue weighted by Gasteiger charge is -2.16. The van der Waals surface area contributed by atoms with Crippen LogP contribution in [0.1, 0.15) is 73.1 Å². The highest BCUT2D eigenvalue weighted by Crippen LogP contribution is 2.17. The molecule has 0 aliphatic carbocycles. The second-order valence-corrected chi connectivity index (χ2v) is 6.62. The molecule has 114 valence electrons. The minimum Gasteiger partial charge on any atom is -0.464 e. The highest BCUT2D eigenvalue weighted by molar-refractivity contribution is 5.78. The molecule has 0 saturated heterocycles. The molecule has 0 bridgehead atoms. The number of aliphatic hydroxyl groups is 1. The normalized spacial score (nSPS) is 13.6. The lowest BCUT2D eigenvalue weighted by Crippen LogP contribution is -2.33. The lowest BCUT2D eigenvalue weighted by atomic mass is 9.95. The maximum Gasteiger partial charge on any atom is 0.337 e. The number of carbonyl (C=O) groups excluding carboxylic acids is 1. The summed E-state index contributed by atoms with van der Waals surface area (Å²) in [6.45, 7) is 10.1. The predicted molar refractivity (Wildman–Crippen MR) is 79.0 cm³/mol. The molecule has 0 rings (SSSR count). The molecule has 0 aromatic heterocycles.